The molecule has 0 heterocycles. The van der Waals surface area contributed by atoms with Crippen LogP contribution >= 0.6 is 0 Å². The van der Waals surface area contributed by atoms with Gasteiger partial charge in [0, 0.05) is 11.6 Å². The van der Waals surface area contributed by atoms with Crippen molar-refractivity contribution in [3.63, 3.8) is 0 Å². The van der Waals surface area contributed by atoms with Crippen molar-refractivity contribution in [3.05, 3.63) is 65.5 Å². The van der Waals surface area contributed by atoms with Crippen LogP contribution in [-0.4, -0.2) is 32.7 Å². The fourth-order valence-electron chi connectivity index (χ4n) is 2.46. The van der Waals surface area contributed by atoms with Crippen molar-refractivity contribution in [3.8, 4) is 11.5 Å². The third kappa shape index (κ3) is 6.12. The minimum absolute atomic E-state index is 0.363. The van der Waals surface area contributed by atoms with E-state index < -0.39 is 18.5 Å². The molecule has 0 aliphatic heterocycles. The largest absolute Gasteiger partial charge is 0.497 e. The number of ether oxygens (including phenoxy) is 3. The molecule has 0 saturated heterocycles. The van der Waals surface area contributed by atoms with Crippen LogP contribution in [0.2, 0.25) is 0 Å². The van der Waals surface area contributed by atoms with Gasteiger partial charge in [0.2, 0.25) is 0 Å². The molecule has 2 aromatic carbocycles. The number of halogens is 1. The molecule has 1 atom stereocenters. The van der Waals surface area contributed by atoms with Crippen molar-refractivity contribution in [2.75, 3.05) is 20.8 Å². The molecule has 2 aromatic rings. The highest BCUT2D eigenvalue weighted by Crippen LogP contribution is 2.29. The lowest BCUT2D eigenvalue weighted by atomic mass is 10.1. The van der Waals surface area contributed by atoms with Crippen molar-refractivity contribution >= 4 is 18.0 Å². The fourth-order valence-corrected chi connectivity index (χ4v) is 2.46. The number of rotatable bonds is 8. The SMILES string of the molecule is COc1ccc(OC)c(C(C)NC(=O)COC(=O)/C=C/c2ccc(F)cc2)c1. The molecule has 148 valence electrons. The molecule has 0 aliphatic carbocycles. The Hall–Kier alpha value is -3.35. The number of carbonyl (C=O) groups is 2. The van der Waals surface area contributed by atoms with Crippen LogP contribution in [0.25, 0.3) is 6.08 Å². The summed E-state index contributed by atoms with van der Waals surface area (Å²) in [4.78, 5) is 23.8. The standard InChI is InChI=1S/C21H22FNO5/c1-14(18-12-17(26-2)9-10-19(18)27-3)23-20(24)13-28-21(25)11-6-15-4-7-16(22)8-5-15/h4-12,14H,13H2,1-3H3,(H,23,24)/b11-6+. The summed E-state index contributed by atoms with van der Waals surface area (Å²) >= 11 is 0. The second kappa shape index (κ2) is 10.1. The summed E-state index contributed by atoms with van der Waals surface area (Å²) in [5.41, 5.74) is 1.37. The average molecular weight is 387 g/mol. The molecule has 0 radical (unpaired) electrons. The Morgan fingerprint density at radius 2 is 1.82 bits per heavy atom. The molecular weight excluding hydrogens is 365 g/mol. The summed E-state index contributed by atoms with van der Waals surface area (Å²) in [6, 6.07) is 10.5. The summed E-state index contributed by atoms with van der Waals surface area (Å²) in [6.45, 7) is 1.36. The van der Waals surface area contributed by atoms with E-state index in [1.165, 1.54) is 43.5 Å². The number of hydrogen-bond acceptors (Lipinski definition) is 5. The first-order valence-electron chi connectivity index (χ1n) is 8.54. The normalized spacial score (nSPS) is 11.7. The molecule has 0 bridgehead atoms. The van der Waals surface area contributed by atoms with Crippen molar-refractivity contribution < 1.29 is 28.2 Å². The molecule has 0 saturated carbocycles. The van der Waals surface area contributed by atoms with Gasteiger partial charge in [-0.05, 0) is 48.9 Å². The quantitative estimate of drug-likeness (QED) is 0.556. The maximum Gasteiger partial charge on any atom is 0.331 e. The van der Waals surface area contributed by atoms with Gasteiger partial charge in [-0.1, -0.05) is 12.1 Å². The van der Waals surface area contributed by atoms with E-state index >= 15 is 0 Å². The number of benzene rings is 2. The molecule has 7 heteroatoms. The van der Waals surface area contributed by atoms with Crippen LogP contribution in [0.1, 0.15) is 24.1 Å². The average Bonchev–Trinajstić information content (AvgIpc) is 2.71. The Labute approximate surface area is 162 Å². The van der Waals surface area contributed by atoms with Crippen LogP contribution in [0.15, 0.2) is 48.5 Å². The first-order valence-corrected chi connectivity index (χ1v) is 8.54. The third-order valence-electron chi connectivity index (χ3n) is 3.91. The fraction of sp³-hybridized carbons (Fsp3) is 0.238. The molecule has 0 aliphatic rings. The molecular formula is C21H22FNO5. The molecule has 1 N–H and O–H groups in total. The summed E-state index contributed by atoms with van der Waals surface area (Å²) in [6.07, 6.45) is 2.65. The second-order valence-electron chi connectivity index (χ2n) is 5.89. The van der Waals surface area contributed by atoms with E-state index in [1.807, 2.05) is 0 Å². The van der Waals surface area contributed by atoms with E-state index in [4.69, 9.17) is 14.2 Å². The van der Waals surface area contributed by atoms with Crippen molar-refractivity contribution in [1.29, 1.82) is 0 Å². The summed E-state index contributed by atoms with van der Waals surface area (Å²) in [5.74, 6) is -0.257. The first-order chi connectivity index (χ1) is 13.4. The van der Waals surface area contributed by atoms with Crippen LogP contribution in [-0.2, 0) is 14.3 Å². The van der Waals surface area contributed by atoms with E-state index in [9.17, 15) is 14.0 Å². The van der Waals surface area contributed by atoms with E-state index in [0.29, 0.717) is 17.1 Å². The highest BCUT2D eigenvalue weighted by Gasteiger charge is 2.16. The zero-order valence-electron chi connectivity index (χ0n) is 15.9. The van der Waals surface area contributed by atoms with Crippen LogP contribution < -0.4 is 14.8 Å². The smallest absolute Gasteiger partial charge is 0.331 e. The zero-order chi connectivity index (χ0) is 20.5. The zero-order valence-corrected chi connectivity index (χ0v) is 15.9. The predicted molar refractivity (Wildman–Crippen MR) is 102 cm³/mol. The van der Waals surface area contributed by atoms with Gasteiger partial charge in [-0.2, -0.15) is 0 Å². The predicted octanol–water partition coefficient (Wildman–Crippen LogP) is 3.28. The van der Waals surface area contributed by atoms with Gasteiger partial charge in [0.1, 0.15) is 17.3 Å². The minimum atomic E-state index is -0.675. The summed E-state index contributed by atoms with van der Waals surface area (Å²) in [7, 11) is 3.09. The number of esters is 1. The van der Waals surface area contributed by atoms with E-state index in [-0.39, 0.29) is 11.9 Å². The first kappa shape index (κ1) is 21.0. The van der Waals surface area contributed by atoms with E-state index in [0.717, 1.165) is 5.56 Å². The van der Waals surface area contributed by atoms with Gasteiger partial charge < -0.3 is 19.5 Å². The molecule has 1 unspecified atom stereocenters. The lowest BCUT2D eigenvalue weighted by Crippen LogP contribution is -2.31. The number of amides is 1. The Balaban J connectivity index is 1.88. The van der Waals surface area contributed by atoms with E-state index in [1.54, 1.807) is 32.2 Å². The van der Waals surface area contributed by atoms with Gasteiger partial charge >= 0.3 is 5.97 Å². The Morgan fingerprint density at radius 1 is 1.11 bits per heavy atom. The van der Waals surface area contributed by atoms with Crippen molar-refractivity contribution in [2.24, 2.45) is 0 Å². The van der Waals surface area contributed by atoms with Crippen LogP contribution in [0.3, 0.4) is 0 Å². The molecule has 0 spiro atoms. The Bertz CT molecular complexity index is 848. The number of methoxy groups -OCH3 is 2. The maximum absolute atomic E-state index is 12.8. The minimum Gasteiger partial charge on any atom is -0.497 e. The van der Waals surface area contributed by atoms with Gasteiger partial charge in [0.05, 0.1) is 20.3 Å². The van der Waals surface area contributed by atoms with Crippen LogP contribution in [0.5, 0.6) is 11.5 Å². The maximum atomic E-state index is 12.8. The second-order valence-corrected chi connectivity index (χ2v) is 5.89. The monoisotopic (exact) mass is 387 g/mol. The molecule has 0 aromatic heterocycles. The number of hydrogen-bond donors (Lipinski definition) is 1. The third-order valence-corrected chi connectivity index (χ3v) is 3.91. The highest BCUT2D eigenvalue weighted by molar-refractivity contribution is 5.89. The number of carbonyl (C=O) groups excluding carboxylic acids is 2. The molecule has 6 nitrogen and oxygen atoms in total. The van der Waals surface area contributed by atoms with Crippen molar-refractivity contribution in [2.45, 2.75) is 13.0 Å². The summed E-state index contributed by atoms with van der Waals surface area (Å²) in [5, 5.41) is 2.74. The Morgan fingerprint density at radius 3 is 2.46 bits per heavy atom. The molecule has 0 fully saturated rings. The molecule has 1 amide bonds. The lowest BCUT2D eigenvalue weighted by molar-refractivity contribution is -0.144. The lowest BCUT2D eigenvalue weighted by Gasteiger charge is -2.18. The van der Waals surface area contributed by atoms with Crippen LogP contribution in [0.4, 0.5) is 4.39 Å². The van der Waals surface area contributed by atoms with Gasteiger partial charge in [-0.15, -0.1) is 0 Å². The Kier molecular flexibility index (Phi) is 7.56. The van der Waals surface area contributed by atoms with Crippen molar-refractivity contribution in [1.82, 2.24) is 5.32 Å². The molecule has 2 rings (SSSR count). The van der Waals surface area contributed by atoms with Gasteiger partial charge in [-0.3, -0.25) is 4.79 Å². The topological polar surface area (TPSA) is 73.9 Å². The van der Waals surface area contributed by atoms with Gasteiger partial charge in [-0.25, -0.2) is 9.18 Å². The number of nitrogens with one attached hydrogen (secondary N) is 1. The van der Waals surface area contributed by atoms with Gasteiger partial charge in [0.25, 0.3) is 5.91 Å². The molecule has 28 heavy (non-hydrogen) atoms. The summed E-state index contributed by atoms with van der Waals surface area (Å²) < 4.78 is 28.3. The van der Waals surface area contributed by atoms with E-state index in [2.05, 4.69) is 5.32 Å². The van der Waals surface area contributed by atoms with Gasteiger partial charge in [0.15, 0.2) is 6.61 Å². The van der Waals surface area contributed by atoms with Crippen LogP contribution in [0, 0.1) is 5.82 Å². The highest BCUT2D eigenvalue weighted by atomic mass is 19.1.